The van der Waals surface area contributed by atoms with E-state index in [9.17, 15) is 4.79 Å². The fraction of sp³-hybridized carbons (Fsp3) is 0.545. The first kappa shape index (κ1) is 10.8. The van der Waals surface area contributed by atoms with E-state index in [1.807, 2.05) is 24.0 Å². The molecule has 3 nitrogen and oxygen atoms in total. The summed E-state index contributed by atoms with van der Waals surface area (Å²) in [7, 11) is 0. The average molecular weight is 224 g/mol. The van der Waals surface area contributed by atoms with Gasteiger partial charge < -0.3 is 10.7 Å². The molecule has 0 spiro atoms. The van der Waals surface area contributed by atoms with Crippen molar-refractivity contribution in [3.8, 4) is 0 Å². The first-order chi connectivity index (χ1) is 7.31. The van der Waals surface area contributed by atoms with Crippen molar-refractivity contribution in [1.82, 2.24) is 4.98 Å². The number of aromatic amines is 1. The predicted octanol–water partition coefficient (Wildman–Crippen LogP) is 1.44. The number of nitrogens with two attached hydrogens (primary N) is 1. The van der Waals surface area contributed by atoms with Gasteiger partial charge in [-0.15, -0.1) is 0 Å². The van der Waals surface area contributed by atoms with Crippen molar-refractivity contribution in [3.63, 3.8) is 0 Å². The molecule has 0 unspecified atom stereocenters. The van der Waals surface area contributed by atoms with Crippen LogP contribution in [0.1, 0.15) is 29.9 Å². The van der Waals surface area contributed by atoms with Gasteiger partial charge >= 0.3 is 0 Å². The third kappa shape index (κ3) is 2.44. The maximum atomic E-state index is 11.3. The lowest BCUT2D eigenvalue weighted by Crippen LogP contribution is -2.18. The molecule has 1 aromatic rings. The Bertz CT molecular complexity index is 382. The second kappa shape index (κ2) is 4.86. The van der Waals surface area contributed by atoms with Crippen LogP contribution in [0, 0.1) is 0 Å². The first-order valence-electron chi connectivity index (χ1n) is 5.30. The molecule has 0 aromatic carbocycles. The lowest BCUT2D eigenvalue weighted by atomic mass is 9.94. The summed E-state index contributed by atoms with van der Waals surface area (Å²) in [6, 6.07) is 1.97. The SMILES string of the molecule is NCc1cc(C2CCSCC2)c[nH]c1=O. The molecule has 0 aliphatic carbocycles. The zero-order valence-electron chi connectivity index (χ0n) is 8.66. The quantitative estimate of drug-likeness (QED) is 0.799. The number of nitrogens with one attached hydrogen (secondary N) is 1. The number of hydrogen-bond donors (Lipinski definition) is 2. The fourth-order valence-corrected chi connectivity index (χ4v) is 3.07. The van der Waals surface area contributed by atoms with E-state index in [-0.39, 0.29) is 5.56 Å². The summed E-state index contributed by atoms with van der Waals surface area (Å²) in [5.41, 5.74) is 7.42. The third-order valence-corrected chi connectivity index (χ3v) is 3.96. The van der Waals surface area contributed by atoms with Crippen molar-refractivity contribution < 1.29 is 0 Å². The summed E-state index contributed by atoms with van der Waals surface area (Å²) in [6.07, 6.45) is 4.27. The molecule has 15 heavy (non-hydrogen) atoms. The second-order valence-electron chi connectivity index (χ2n) is 3.88. The van der Waals surface area contributed by atoms with Crippen LogP contribution in [0.25, 0.3) is 0 Å². The van der Waals surface area contributed by atoms with Crippen LogP contribution in [-0.2, 0) is 6.54 Å². The summed E-state index contributed by atoms with van der Waals surface area (Å²) in [4.78, 5) is 14.1. The first-order valence-corrected chi connectivity index (χ1v) is 6.46. The molecule has 0 saturated carbocycles. The Morgan fingerprint density at radius 2 is 2.20 bits per heavy atom. The smallest absolute Gasteiger partial charge is 0.252 e. The van der Waals surface area contributed by atoms with Gasteiger partial charge in [0.15, 0.2) is 0 Å². The summed E-state index contributed by atoms with van der Waals surface area (Å²) in [5, 5.41) is 0. The zero-order valence-corrected chi connectivity index (χ0v) is 9.48. The van der Waals surface area contributed by atoms with Gasteiger partial charge in [0.25, 0.3) is 5.56 Å². The molecule has 1 aromatic heterocycles. The number of H-pyrrole nitrogens is 1. The number of rotatable bonds is 2. The van der Waals surface area contributed by atoms with Gasteiger partial charge in [-0.25, -0.2) is 0 Å². The number of pyridine rings is 1. The summed E-state index contributed by atoms with van der Waals surface area (Å²) in [5.74, 6) is 3.05. The van der Waals surface area contributed by atoms with Gasteiger partial charge in [-0.2, -0.15) is 11.8 Å². The monoisotopic (exact) mass is 224 g/mol. The van der Waals surface area contributed by atoms with Crippen molar-refractivity contribution in [3.05, 3.63) is 33.7 Å². The highest BCUT2D eigenvalue weighted by atomic mass is 32.2. The molecule has 82 valence electrons. The molecular weight excluding hydrogens is 208 g/mol. The molecule has 0 amide bonds. The van der Waals surface area contributed by atoms with Crippen molar-refractivity contribution in [2.75, 3.05) is 11.5 Å². The fourth-order valence-electron chi connectivity index (χ4n) is 1.97. The largest absolute Gasteiger partial charge is 0.329 e. The molecule has 1 aliphatic heterocycles. The molecule has 4 heteroatoms. The Kier molecular flexibility index (Phi) is 3.49. The minimum Gasteiger partial charge on any atom is -0.329 e. The lowest BCUT2D eigenvalue weighted by Gasteiger charge is -2.21. The van der Waals surface area contributed by atoms with Crippen LogP contribution in [0.5, 0.6) is 0 Å². The average Bonchev–Trinajstić information content (AvgIpc) is 2.31. The van der Waals surface area contributed by atoms with Crippen LogP contribution in [0.3, 0.4) is 0 Å². The Morgan fingerprint density at radius 3 is 2.87 bits per heavy atom. The Hall–Kier alpha value is -0.740. The molecular formula is C11H16N2OS. The number of thioether (sulfide) groups is 1. The molecule has 2 heterocycles. The molecule has 0 atom stereocenters. The molecule has 1 saturated heterocycles. The maximum Gasteiger partial charge on any atom is 0.252 e. The van der Waals surface area contributed by atoms with Gasteiger partial charge in [-0.05, 0) is 41.9 Å². The van der Waals surface area contributed by atoms with Crippen LogP contribution >= 0.6 is 11.8 Å². The van der Waals surface area contributed by atoms with Crippen LogP contribution in [0.2, 0.25) is 0 Å². The molecule has 3 N–H and O–H groups in total. The molecule has 2 rings (SSSR count). The summed E-state index contributed by atoms with van der Waals surface area (Å²) >= 11 is 2.01. The second-order valence-corrected chi connectivity index (χ2v) is 5.10. The van der Waals surface area contributed by atoms with Crippen molar-refractivity contribution in [2.24, 2.45) is 5.73 Å². The Morgan fingerprint density at radius 1 is 1.47 bits per heavy atom. The minimum atomic E-state index is -0.0496. The van der Waals surface area contributed by atoms with Crippen molar-refractivity contribution >= 4 is 11.8 Å². The highest BCUT2D eigenvalue weighted by molar-refractivity contribution is 7.99. The zero-order chi connectivity index (χ0) is 10.7. The van der Waals surface area contributed by atoms with Crippen LogP contribution in [0.4, 0.5) is 0 Å². The predicted molar refractivity (Wildman–Crippen MR) is 64.3 cm³/mol. The standard InChI is InChI=1S/C11H16N2OS/c12-6-9-5-10(7-13-11(9)14)8-1-3-15-4-2-8/h5,7-8H,1-4,6,12H2,(H,13,14). The van der Waals surface area contributed by atoms with E-state index in [1.165, 1.54) is 29.9 Å². The Labute approximate surface area is 93.5 Å². The summed E-state index contributed by atoms with van der Waals surface area (Å²) < 4.78 is 0. The van der Waals surface area contributed by atoms with E-state index in [2.05, 4.69) is 4.98 Å². The molecule has 0 bridgehead atoms. The highest BCUT2D eigenvalue weighted by Gasteiger charge is 2.16. The summed E-state index contributed by atoms with van der Waals surface area (Å²) in [6.45, 7) is 0.324. The van der Waals surface area contributed by atoms with Gasteiger partial charge in [-0.3, -0.25) is 4.79 Å². The van der Waals surface area contributed by atoms with Gasteiger partial charge in [-0.1, -0.05) is 0 Å². The third-order valence-electron chi connectivity index (χ3n) is 2.92. The van der Waals surface area contributed by atoms with E-state index in [1.54, 1.807) is 0 Å². The van der Waals surface area contributed by atoms with E-state index in [0.717, 1.165) is 0 Å². The van der Waals surface area contributed by atoms with Gasteiger partial charge in [0, 0.05) is 18.3 Å². The van der Waals surface area contributed by atoms with Gasteiger partial charge in [0.1, 0.15) is 0 Å². The molecule has 1 fully saturated rings. The van der Waals surface area contributed by atoms with E-state index < -0.39 is 0 Å². The topological polar surface area (TPSA) is 58.9 Å². The lowest BCUT2D eigenvalue weighted by molar-refractivity contribution is 0.633. The normalized spacial score (nSPS) is 17.9. The van der Waals surface area contributed by atoms with E-state index in [0.29, 0.717) is 18.0 Å². The van der Waals surface area contributed by atoms with Crippen LogP contribution in [-0.4, -0.2) is 16.5 Å². The van der Waals surface area contributed by atoms with Crippen molar-refractivity contribution in [1.29, 1.82) is 0 Å². The van der Waals surface area contributed by atoms with Crippen molar-refractivity contribution in [2.45, 2.75) is 25.3 Å². The van der Waals surface area contributed by atoms with Gasteiger partial charge in [0.2, 0.25) is 0 Å². The Balaban J connectivity index is 2.23. The van der Waals surface area contributed by atoms with Crippen LogP contribution < -0.4 is 11.3 Å². The van der Waals surface area contributed by atoms with Gasteiger partial charge in [0.05, 0.1) is 0 Å². The van der Waals surface area contributed by atoms with Crippen LogP contribution in [0.15, 0.2) is 17.1 Å². The highest BCUT2D eigenvalue weighted by Crippen LogP contribution is 2.30. The van der Waals surface area contributed by atoms with E-state index >= 15 is 0 Å². The number of aromatic nitrogens is 1. The molecule has 1 aliphatic rings. The number of hydrogen-bond acceptors (Lipinski definition) is 3. The minimum absolute atomic E-state index is 0.0496. The van der Waals surface area contributed by atoms with E-state index in [4.69, 9.17) is 5.73 Å². The molecule has 0 radical (unpaired) electrons. The maximum absolute atomic E-state index is 11.3.